The predicted octanol–water partition coefficient (Wildman–Crippen LogP) is 2.98. The Hall–Kier alpha value is -3.20. The Bertz CT molecular complexity index is 1120. The minimum Gasteiger partial charge on any atom is -0.495 e. The van der Waals surface area contributed by atoms with Gasteiger partial charge >= 0.3 is 5.97 Å². The van der Waals surface area contributed by atoms with Gasteiger partial charge < -0.3 is 14.8 Å². The highest BCUT2D eigenvalue weighted by molar-refractivity contribution is 7.20. The fraction of sp³-hybridized carbons (Fsp3) is 0.300. The number of amides is 1. The van der Waals surface area contributed by atoms with Crippen molar-refractivity contribution in [3.8, 4) is 5.75 Å². The number of ether oxygens (including phenoxy) is 2. The number of benzene rings is 1. The molecule has 1 amide bonds. The lowest BCUT2D eigenvalue weighted by atomic mass is 10.2. The van der Waals surface area contributed by atoms with Gasteiger partial charge in [0.15, 0.2) is 0 Å². The highest BCUT2D eigenvalue weighted by Gasteiger charge is 2.21. The van der Waals surface area contributed by atoms with Crippen molar-refractivity contribution in [2.45, 2.75) is 26.8 Å². The smallest absolute Gasteiger partial charge is 0.326 e. The third kappa shape index (κ3) is 4.29. The molecule has 3 aromatic rings. The molecule has 2 aromatic heterocycles. The average Bonchev–Trinajstić information content (AvgIpc) is 3.06. The number of esters is 1. The fourth-order valence-electron chi connectivity index (χ4n) is 2.82. The van der Waals surface area contributed by atoms with Crippen molar-refractivity contribution >= 4 is 39.1 Å². The molecule has 9 heteroatoms. The number of hydrogen-bond donors (Lipinski definition) is 1. The largest absolute Gasteiger partial charge is 0.495 e. The Morgan fingerprint density at radius 3 is 2.76 bits per heavy atom. The maximum Gasteiger partial charge on any atom is 0.326 e. The van der Waals surface area contributed by atoms with E-state index in [0.29, 0.717) is 45.1 Å². The summed E-state index contributed by atoms with van der Waals surface area (Å²) in [7, 11) is 1.52. The number of carbonyl (C=O) groups is 2. The van der Waals surface area contributed by atoms with E-state index in [-0.39, 0.29) is 18.0 Å². The second kappa shape index (κ2) is 8.87. The van der Waals surface area contributed by atoms with Gasteiger partial charge in [0.2, 0.25) is 0 Å². The van der Waals surface area contributed by atoms with Gasteiger partial charge in [-0.05, 0) is 31.0 Å². The van der Waals surface area contributed by atoms with Gasteiger partial charge in [0.05, 0.1) is 36.0 Å². The number of fused-ring (bicyclic) bond motifs is 1. The van der Waals surface area contributed by atoms with Gasteiger partial charge in [0, 0.05) is 0 Å². The minimum absolute atomic E-state index is 0.222. The molecule has 0 saturated heterocycles. The molecule has 0 aliphatic rings. The van der Waals surface area contributed by atoms with E-state index >= 15 is 0 Å². The van der Waals surface area contributed by atoms with Gasteiger partial charge in [-0.3, -0.25) is 19.0 Å². The van der Waals surface area contributed by atoms with E-state index in [1.165, 1.54) is 18.0 Å². The highest BCUT2D eigenvalue weighted by Crippen LogP contribution is 2.29. The van der Waals surface area contributed by atoms with Crippen LogP contribution in [0.1, 0.15) is 28.6 Å². The minimum atomic E-state index is -0.503. The van der Waals surface area contributed by atoms with E-state index in [2.05, 4.69) is 10.3 Å². The standard InChI is InChI=1S/C20H21N3O5S/c1-4-9-28-15(24)10-23-11-21-19-16(20(23)26)12(2)17(29-19)18(25)22-13-7-5-6-8-14(13)27-3/h5-8,11H,4,9-10H2,1-3H3,(H,22,25). The quantitative estimate of drug-likeness (QED) is 0.596. The second-order valence-corrected chi connectivity index (χ2v) is 7.29. The third-order valence-electron chi connectivity index (χ3n) is 4.25. The summed E-state index contributed by atoms with van der Waals surface area (Å²) >= 11 is 1.13. The molecule has 0 unspecified atom stereocenters. The molecule has 0 spiro atoms. The predicted molar refractivity (Wildman–Crippen MR) is 111 cm³/mol. The summed E-state index contributed by atoms with van der Waals surface area (Å²) in [5.41, 5.74) is 0.667. The Balaban J connectivity index is 1.91. The molecule has 2 heterocycles. The van der Waals surface area contributed by atoms with Crippen LogP contribution in [0, 0.1) is 6.92 Å². The van der Waals surface area contributed by atoms with Crippen molar-refractivity contribution in [3.63, 3.8) is 0 Å². The van der Waals surface area contributed by atoms with E-state index in [1.54, 1.807) is 31.2 Å². The molecule has 0 aliphatic heterocycles. The molecule has 0 radical (unpaired) electrons. The number of para-hydroxylation sites is 2. The first-order valence-electron chi connectivity index (χ1n) is 9.04. The SMILES string of the molecule is CCCOC(=O)Cn1cnc2sc(C(=O)Nc3ccccc3OC)c(C)c2c1=O. The van der Waals surface area contributed by atoms with E-state index in [4.69, 9.17) is 9.47 Å². The van der Waals surface area contributed by atoms with Crippen LogP contribution in [-0.4, -0.2) is 35.1 Å². The van der Waals surface area contributed by atoms with Crippen LogP contribution in [0.5, 0.6) is 5.75 Å². The second-order valence-electron chi connectivity index (χ2n) is 6.29. The van der Waals surface area contributed by atoms with Crippen LogP contribution in [0.4, 0.5) is 5.69 Å². The van der Waals surface area contributed by atoms with Crippen LogP contribution in [0.2, 0.25) is 0 Å². The molecule has 0 saturated carbocycles. The van der Waals surface area contributed by atoms with E-state index in [0.717, 1.165) is 11.3 Å². The number of carbonyl (C=O) groups excluding carboxylic acids is 2. The fourth-order valence-corrected chi connectivity index (χ4v) is 3.85. The lowest BCUT2D eigenvalue weighted by molar-refractivity contribution is -0.144. The molecule has 8 nitrogen and oxygen atoms in total. The Morgan fingerprint density at radius 2 is 2.03 bits per heavy atom. The zero-order valence-electron chi connectivity index (χ0n) is 16.4. The third-order valence-corrected chi connectivity index (χ3v) is 5.44. The maximum atomic E-state index is 12.8. The molecule has 29 heavy (non-hydrogen) atoms. The Kier molecular flexibility index (Phi) is 6.28. The van der Waals surface area contributed by atoms with E-state index in [1.807, 2.05) is 6.92 Å². The van der Waals surface area contributed by atoms with E-state index in [9.17, 15) is 14.4 Å². The molecular formula is C20H21N3O5S. The molecular weight excluding hydrogens is 394 g/mol. The Labute approximate surface area is 171 Å². The van der Waals surface area contributed by atoms with Crippen molar-refractivity contribution in [1.29, 1.82) is 0 Å². The van der Waals surface area contributed by atoms with Crippen LogP contribution in [0.3, 0.4) is 0 Å². The van der Waals surface area contributed by atoms with Gasteiger partial charge in [-0.25, -0.2) is 4.98 Å². The number of methoxy groups -OCH3 is 1. The van der Waals surface area contributed by atoms with Gasteiger partial charge in [-0.1, -0.05) is 19.1 Å². The molecule has 0 aliphatic carbocycles. The molecule has 0 atom stereocenters. The summed E-state index contributed by atoms with van der Waals surface area (Å²) in [5.74, 6) is -0.328. The molecule has 0 bridgehead atoms. The zero-order chi connectivity index (χ0) is 21.0. The number of nitrogens with zero attached hydrogens (tertiary/aromatic N) is 2. The normalized spacial score (nSPS) is 10.7. The van der Waals surface area contributed by atoms with Crippen molar-refractivity contribution in [3.05, 3.63) is 51.4 Å². The summed E-state index contributed by atoms with van der Waals surface area (Å²) < 4.78 is 11.5. The van der Waals surface area contributed by atoms with Crippen LogP contribution < -0.4 is 15.6 Å². The summed E-state index contributed by atoms with van der Waals surface area (Å²) in [6.07, 6.45) is 2.00. The molecule has 152 valence electrons. The molecule has 3 rings (SSSR count). The summed E-state index contributed by atoms with van der Waals surface area (Å²) in [5, 5.41) is 3.13. The van der Waals surface area contributed by atoms with Gasteiger partial charge in [-0.15, -0.1) is 11.3 Å². The van der Waals surface area contributed by atoms with Crippen molar-refractivity contribution < 1.29 is 19.1 Å². The van der Waals surface area contributed by atoms with Crippen LogP contribution in [0.15, 0.2) is 35.4 Å². The van der Waals surface area contributed by atoms with Crippen molar-refractivity contribution in [2.24, 2.45) is 0 Å². The number of nitrogens with one attached hydrogen (secondary N) is 1. The number of hydrogen-bond acceptors (Lipinski definition) is 7. The molecule has 1 aromatic carbocycles. The zero-order valence-corrected chi connectivity index (χ0v) is 17.2. The van der Waals surface area contributed by atoms with Gasteiger partial charge in [0.25, 0.3) is 11.5 Å². The average molecular weight is 415 g/mol. The number of rotatable bonds is 7. The maximum absolute atomic E-state index is 12.8. The molecule has 1 N–H and O–H groups in total. The van der Waals surface area contributed by atoms with Gasteiger partial charge in [0.1, 0.15) is 17.1 Å². The Morgan fingerprint density at radius 1 is 1.28 bits per heavy atom. The first-order valence-corrected chi connectivity index (χ1v) is 9.86. The number of aryl methyl sites for hydroxylation is 1. The molecule has 0 fully saturated rings. The monoisotopic (exact) mass is 415 g/mol. The van der Waals surface area contributed by atoms with Crippen LogP contribution >= 0.6 is 11.3 Å². The van der Waals surface area contributed by atoms with Crippen molar-refractivity contribution in [2.75, 3.05) is 19.0 Å². The first-order chi connectivity index (χ1) is 14.0. The highest BCUT2D eigenvalue weighted by atomic mass is 32.1. The van der Waals surface area contributed by atoms with Crippen molar-refractivity contribution in [1.82, 2.24) is 9.55 Å². The van der Waals surface area contributed by atoms with E-state index < -0.39 is 5.97 Å². The lowest BCUT2D eigenvalue weighted by Gasteiger charge is -2.09. The van der Waals surface area contributed by atoms with Crippen LogP contribution in [-0.2, 0) is 16.1 Å². The summed E-state index contributed by atoms with van der Waals surface area (Å²) in [6, 6.07) is 7.06. The summed E-state index contributed by atoms with van der Waals surface area (Å²) in [6.45, 7) is 3.66. The summed E-state index contributed by atoms with van der Waals surface area (Å²) in [4.78, 5) is 42.5. The topological polar surface area (TPSA) is 99.5 Å². The van der Waals surface area contributed by atoms with Crippen LogP contribution in [0.25, 0.3) is 10.2 Å². The van der Waals surface area contributed by atoms with Gasteiger partial charge in [-0.2, -0.15) is 0 Å². The number of thiophene rings is 1. The lowest BCUT2D eigenvalue weighted by Crippen LogP contribution is -2.25. The number of aromatic nitrogens is 2. The first kappa shape index (κ1) is 20.5. The number of anilines is 1.